The third-order valence-corrected chi connectivity index (χ3v) is 3.10. The van der Waals surface area contributed by atoms with E-state index < -0.39 is 0 Å². The minimum atomic E-state index is 0.0933. The van der Waals surface area contributed by atoms with Crippen LogP contribution in [0.15, 0.2) is 18.2 Å². The van der Waals surface area contributed by atoms with Gasteiger partial charge < -0.3 is 5.32 Å². The van der Waals surface area contributed by atoms with Crippen LogP contribution < -0.4 is 10.2 Å². The van der Waals surface area contributed by atoms with Crippen molar-refractivity contribution in [2.45, 2.75) is 12.8 Å². The third kappa shape index (κ3) is 2.06. The Morgan fingerprint density at radius 3 is 3.00 bits per heavy atom. The van der Waals surface area contributed by atoms with Crippen LogP contribution in [0.1, 0.15) is 11.1 Å². The van der Waals surface area contributed by atoms with Crippen molar-refractivity contribution in [1.82, 2.24) is 5.32 Å². The van der Waals surface area contributed by atoms with Crippen molar-refractivity contribution in [3.63, 3.8) is 0 Å². The Hall–Kier alpha value is -1.06. The van der Waals surface area contributed by atoms with Gasteiger partial charge in [0.15, 0.2) is 0 Å². The molecular weight excluding hydrogens is 224 g/mol. The van der Waals surface area contributed by atoms with Crippen molar-refractivity contribution >= 4 is 23.2 Å². The van der Waals surface area contributed by atoms with Gasteiger partial charge in [0.05, 0.1) is 6.42 Å². The fourth-order valence-corrected chi connectivity index (χ4v) is 2.25. The first-order valence-electron chi connectivity index (χ1n) is 5.39. The summed E-state index contributed by atoms with van der Waals surface area (Å²) in [5.41, 5.74) is 3.32. The van der Waals surface area contributed by atoms with Gasteiger partial charge in [0.1, 0.15) is 6.00 Å². The first-order valence-corrected chi connectivity index (χ1v) is 5.92. The number of amides is 1. The highest BCUT2D eigenvalue weighted by molar-refractivity contribution is 6.22. The Morgan fingerprint density at radius 2 is 2.31 bits per heavy atom. The molecule has 0 bridgehead atoms. The maximum absolute atomic E-state index is 11.6. The molecule has 3 nitrogen and oxygen atoms in total. The lowest BCUT2D eigenvalue weighted by Gasteiger charge is -2.13. The van der Waals surface area contributed by atoms with Crippen LogP contribution in [0.2, 0.25) is 0 Å². The smallest absolute Gasteiger partial charge is 0.232 e. The van der Waals surface area contributed by atoms with Crippen molar-refractivity contribution in [3.05, 3.63) is 29.3 Å². The summed E-state index contributed by atoms with van der Waals surface area (Å²) in [6.45, 7) is 0.950. The fourth-order valence-electron chi connectivity index (χ4n) is 1.99. The summed E-state index contributed by atoms with van der Waals surface area (Å²) in [7, 11) is 1.94. The Morgan fingerprint density at radius 1 is 1.50 bits per heavy atom. The van der Waals surface area contributed by atoms with E-state index in [2.05, 4.69) is 17.4 Å². The third-order valence-electron chi connectivity index (χ3n) is 2.86. The van der Waals surface area contributed by atoms with Crippen molar-refractivity contribution in [3.8, 4) is 0 Å². The minimum absolute atomic E-state index is 0.0933. The summed E-state index contributed by atoms with van der Waals surface area (Å²) in [6.07, 6.45) is 1.47. The molecule has 0 radical (unpaired) electrons. The average Bonchev–Trinajstić information content (AvgIpc) is 2.60. The fraction of sp³-hybridized carbons (Fsp3) is 0.417. The Balaban J connectivity index is 2.22. The summed E-state index contributed by atoms with van der Waals surface area (Å²) in [6, 6.07) is 6.40. The molecular formula is C12H15ClN2O. The second-order valence-electron chi connectivity index (χ2n) is 3.93. The molecule has 16 heavy (non-hydrogen) atoms. The molecule has 0 atom stereocenters. The van der Waals surface area contributed by atoms with Crippen molar-refractivity contribution in [2.75, 3.05) is 24.5 Å². The molecule has 1 aliphatic heterocycles. The molecule has 0 spiro atoms. The van der Waals surface area contributed by atoms with Crippen molar-refractivity contribution in [2.24, 2.45) is 0 Å². The standard InChI is InChI=1S/C12H15ClN2O/c1-14-5-4-9-2-3-11-10(6-9)7-12(16)15(11)8-13/h2-3,6,14H,4-5,7-8H2,1H3. The van der Waals surface area contributed by atoms with Crippen LogP contribution in [0.5, 0.6) is 0 Å². The number of alkyl halides is 1. The highest BCUT2D eigenvalue weighted by Gasteiger charge is 2.26. The summed E-state index contributed by atoms with van der Waals surface area (Å²) < 4.78 is 0. The van der Waals surface area contributed by atoms with Crippen LogP contribution in [-0.2, 0) is 17.6 Å². The lowest BCUT2D eigenvalue weighted by Crippen LogP contribution is -2.24. The normalized spacial score (nSPS) is 14.4. The van der Waals surface area contributed by atoms with Crippen LogP contribution in [0.3, 0.4) is 0 Å². The summed E-state index contributed by atoms with van der Waals surface area (Å²) in [5.74, 6) is 0.0933. The van der Waals surface area contributed by atoms with Gasteiger partial charge in [0, 0.05) is 5.69 Å². The summed E-state index contributed by atoms with van der Waals surface area (Å²) in [5, 5.41) is 3.11. The zero-order valence-corrected chi connectivity index (χ0v) is 10.0. The van der Waals surface area contributed by atoms with Gasteiger partial charge in [-0.1, -0.05) is 12.1 Å². The van der Waals surface area contributed by atoms with E-state index in [1.165, 1.54) is 5.56 Å². The van der Waals surface area contributed by atoms with Gasteiger partial charge in [-0.3, -0.25) is 9.69 Å². The molecule has 0 unspecified atom stereocenters. The largest absolute Gasteiger partial charge is 0.319 e. The molecule has 1 heterocycles. The van der Waals surface area contributed by atoms with E-state index in [9.17, 15) is 4.79 Å². The predicted octanol–water partition coefficient (Wildman–Crippen LogP) is 1.53. The second kappa shape index (κ2) is 4.85. The second-order valence-corrected chi connectivity index (χ2v) is 4.17. The number of carbonyl (C=O) groups excluding carboxylic acids is 1. The number of halogens is 1. The SMILES string of the molecule is CNCCc1ccc2c(c1)CC(=O)N2CCl. The van der Waals surface area contributed by atoms with E-state index in [1.807, 2.05) is 13.1 Å². The number of hydrogen-bond acceptors (Lipinski definition) is 2. The molecule has 1 N–H and O–H groups in total. The Kier molecular flexibility index (Phi) is 3.46. The van der Waals surface area contributed by atoms with E-state index in [4.69, 9.17) is 11.6 Å². The van der Waals surface area contributed by atoms with Gasteiger partial charge >= 0.3 is 0 Å². The monoisotopic (exact) mass is 238 g/mol. The Labute approximate surface area is 100 Å². The number of rotatable bonds is 4. The molecule has 86 valence electrons. The molecule has 0 saturated heterocycles. The van der Waals surface area contributed by atoms with Crippen LogP contribution in [-0.4, -0.2) is 25.5 Å². The quantitative estimate of drug-likeness (QED) is 0.638. The molecule has 0 aromatic heterocycles. The number of likely N-dealkylation sites (N-methyl/N-ethyl adjacent to an activating group) is 1. The number of nitrogens with one attached hydrogen (secondary N) is 1. The molecule has 0 fully saturated rings. The van der Waals surface area contributed by atoms with E-state index in [1.54, 1.807) is 4.90 Å². The van der Waals surface area contributed by atoms with Crippen LogP contribution >= 0.6 is 11.6 Å². The average molecular weight is 239 g/mol. The van der Waals surface area contributed by atoms with E-state index in [-0.39, 0.29) is 11.9 Å². The molecule has 0 saturated carbocycles. The first-order chi connectivity index (χ1) is 7.76. The summed E-state index contributed by atoms with van der Waals surface area (Å²) in [4.78, 5) is 13.2. The minimum Gasteiger partial charge on any atom is -0.319 e. The zero-order chi connectivity index (χ0) is 11.5. The van der Waals surface area contributed by atoms with Crippen molar-refractivity contribution < 1.29 is 4.79 Å². The van der Waals surface area contributed by atoms with Gasteiger partial charge in [-0.25, -0.2) is 0 Å². The maximum Gasteiger partial charge on any atom is 0.232 e. The first kappa shape index (κ1) is 11.4. The van der Waals surface area contributed by atoms with E-state index >= 15 is 0 Å². The number of anilines is 1. The number of fused-ring (bicyclic) bond motifs is 1. The molecule has 1 aliphatic rings. The van der Waals surface area contributed by atoms with Gasteiger partial charge in [0.2, 0.25) is 5.91 Å². The van der Waals surface area contributed by atoms with E-state index in [0.29, 0.717) is 6.42 Å². The lowest BCUT2D eigenvalue weighted by molar-refractivity contribution is -0.117. The number of benzene rings is 1. The van der Waals surface area contributed by atoms with Gasteiger partial charge in [-0.2, -0.15) is 0 Å². The van der Waals surface area contributed by atoms with Crippen LogP contribution in [0.4, 0.5) is 5.69 Å². The van der Waals surface area contributed by atoms with Crippen molar-refractivity contribution in [1.29, 1.82) is 0 Å². The van der Waals surface area contributed by atoms with Gasteiger partial charge in [0.25, 0.3) is 0 Å². The Bertz CT molecular complexity index is 406. The highest BCUT2D eigenvalue weighted by Crippen LogP contribution is 2.29. The predicted molar refractivity (Wildman–Crippen MR) is 66.0 cm³/mol. The number of carbonyl (C=O) groups is 1. The molecule has 1 aromatic carbocycles. The molecule has 1 aromatic rings. The highest BCUT2D eigenvalue weighted by atomic mass is 35.5. The lowest BCUT2D eigenvalue weighted by atomic mass is 10.1. The molecule has 4 heteroatoms. The maximum atomic E-state index is 11.6. The van der Waals surface area contributed by atoms with Gasteiger partial charge in [-0.05, 0) is 37.2 Å². The summed E-state index contributed by atoms with van der Waals surface area (Å²) >= 11 is 5.75. The van der Waals surface area contributed by atoms with Crippen LogP contribution in [0, 0.1) is 0 Å². The number of hydrogen-bond donors (Lipinski definition) is 1. The van der Waals surface area contributed by atoms with Gasteiger partial charge in [-0.15, -0.1) is 11.6 Å². The zero-order valence-electron chi connectivity index (χ0n) is 9.29. The van der Waals surface area contributed by atoms with Crippen LogP contribution in [0.25, 0.3) is 0 Å². The molecule has 0 aliphatic carbocycles. The topological polar surface area (TPSA) is 32.3 Å². The van der Waals surface area contributed by atoms with E-state index in [0.717, 1.165) is 24.2 Å². The molecule has 2 rings (SSSR count). The molecule has 1 amide bonds. The number of nitrogens with zero attached hydrogens (tertiary/aromatic N) is 1.